The van der Waals surface area contributed by atoms with Crippen molar-refractivity contribution in [3.05, 3.63) is 28.9 Å². The normalized spacial score (nSPS) is 10.7. The van der Waals surface area contributed by atoms with E-state index in [0.717, 1.165) is 22.3 Å². The Morgan fingerprint density at radius 1 is 1.39 bits per heavy atom. The largest absolute Gasteiger partial charge is 0.494 e. The fraction of sp³-hybridized carbons (Fsp3) is 0.308. The molecule has 0 bridgehead atoms. The molecular formula is C13H16ClN3O. The Morgan fingerprint density at radius 3 is 2.67 bits per heavy atom. The van der Waals surface area contributed by atoms with Crippen molar-refractivity contribution in [1.29, 1.82) is 0 Å². The van der Waals surface area contributed by atoms with Gasteiger partial charge in [0.05, 0.1) is 17.8 Å². The van der Waals surface area contributed by atoms with Gasteiger partial charge in [0.1, 0.15) is 11.3 Å². The molecule has 2 rings (SSSR count). The van der Waals surface area contributed by atoms with Crippen molar-refractivity contribution < 1.29 is 4.74 Å². The molecule has 1 aromatic heterocycles. The SMILES string of the molecule is COc1ccc(Cl)c2c(N(C)C)cc(CN)nc12. The molecule has 2 aromatic rings. The van der Waals surface area contributed by atoms with E-state index in [9.17, 15) is 0 Å². The van der Waals surface area contributed by atoms with Gasteiger partial charge in [-0.1, -0.05) is 11.6 Å². The van der Waals surface area contributed by atoms with Crippen LogP contribution in [0.15, 0.2) is 18.2 Å². The molecule has 0 aliphatic rings. The highest BCUT2D eigenvalue weighted by Crippen LogP contribution is 2.36. The zero-order valence-electron chi connectivity index (χ0n) is 10.7. The summed E-state index contributed by atoms with van der Waals surface area (Å²) in [6, 6.07) is 5.59. The molecule has 96 valence electrons. The maximum absolute atomic E-state index is 6.28. The van der Waals surface area contributed by atoms with Gasteiger partial charge in [-0.15, -0.1) is 0 Å². The van der Waals surface area contributed by atoms with Gasteiger partial charge >= 0.3 is 0 Å². The Bertz CT molecular complexity index is 584. The summed E-state index contributed by atoms with van der Waals surface area (Å²) in [6.07, 6.45) is 0. The van der Waals surface area contributed by atoms with Gasteiger partial charge in [-0.25, -0.2) is 4.98 Å². The highest BCUT2D eigenvalue weighted by atomic mass is 35.5. The van der Waals surface area contributed by atoms with Crippen LogP contribution in [0, 0.1) is 0 Å². The summed E-state index contributed by atoms with van der Waals surface area (Å²) in [5.41, 5.74) is 8.23. The number of anilines is 1. The quantitative estimate of drug-likeness (QED) is 0.926. The van der Waals surface area contributed by atoms with Gasteiger partial charge < -0.3 is 15.4 Å². The van der Waals surface area contributed by atoms with E-state index in [2.05, 4.69) is 4.98 Å². The molecule has 0 aliphatic carbocycles. The van der Waals surface area contributed by atoms with Crippen molar-refractivity contribution in [3.63, 3.8) is 0 Å². The van der Waals surface area contributed by atoms with Crippen molar-refractivity contribution >= 4 is 28.2 Å². The molecule has 0 spiro atoms. The lowest BCUT2D eigenvalue weighted by molar-refractivity contribution is 0.419. The van der Waals surface area contributed by atoms with Gasteiger partial charge in [-0.2, -0.15) is 0 Å². The van der Waals surface area contributed by atoms with E-state index in [1.54, 1.807) is 7.11 Å². The fourth-order valence-electron chi connectivity index (χ4n) is 1.93. The summed E-state index contributed by atoms with van der Waals surface area (Å²) in [5.74, 6) is 0.702. The highest BCUT2D eigenvalue weighted by Gasteiger charge is 2.14. The Balaban J connectivity index is 2.89. The van der Waals surface area contributed by atoms with Gasteiger partial charge in [-0.05, 0) is 18.2 Å². The number of benzene rings is 1. The third kappa shape index (κ3) is 2.09. The van der Waals surface area contributed by atoms with Crippen molar-refractivity contribution in [3.8, 4) is 5.75 Å². The first-order valence-corrected chi connectivity index (χ1v) is 5.99. The van der Waals surface area contributed by atoms with Crippen molar-refractivity contribution in [1.82, 2.24) is 4.98 Å². The number of rotatable bonds is 3. The Morgan fingerprint density at radius 2 is 2.11 bits per heavy atom. The molecule has 0 amide bonds. The average molecular weight is 266 g/mol. The maximum Gasteiger partial charge on any atom is 0.145 e. The lowest BCUT2D eigenvalue weighted by atomic mass is 10.1. The van der Waals surface area contributed by atoms with Crippen LogP contribution in [0.25, 0.3) is 10.9 Å². The van der Waals surface area contributed by atoms with Crippen molar-refractivity contribution in [2.75, 3.05) is 26.1 Å². The smallest absolute Gasteiger partial charge is 0.145 e. The second-order valence-electron chi connectivity index (χ2n) is 4.20. The van der Waals surface area contributed by atoms with E-state index in [1.807, 2.05) is 37.2 Å². The molecule has 0 atom stereocenters. The Kier molecular flexibility index (Phi) is 3.59. The van der Waals surface area contributed by atoms with Crippen LogP contribution in [0.4, 0.5) is 5.69 Å². The van der Waals surface area contributed by atoms with Crippen LogP contribution in [0.5, 0.6) is 5.75 Å². The predicted molar refractivity (Wildman–Crippen MR) is 75.5 cm³/mol. The molecule has 0 saturated heterocycles. The van der Waals surface area contributed by atoms with Gasteiger partial charge in [0.25, 0.3) is 0 Å². The number of hydrogen-bond acceptors (Lipinski definition) is 4. The molecule has 0 aliphatic heterocycles. The average Bonchev–Trinajstić information content (AvgIpc) is 2.37. The van der Waals surface area contributed by atoms with Crippen LogP contribution in [0.1, 0.15) is 5.69 Å². The number of aromatic nitrogens is 1. The predicted octanol–water partition coefficient (Wildman–Crippen LogP) is 2.42. The van der Waals surface area contributed by atoms with Gasteiger partial charge in [0.2, 0.25) is 0 Å². The second-order valence-corrected chi connectivity index (χ2v) is 4.61. The zero-order chi connectivity index (χ0) is 13.3. The molecule has 5 heteroatoms. The minimum atomic E-state index is 0.381. The summed E-state index contributed by atoms with van der Waals surface area (Å²) in [7, 11) is 5.55. The molecule has 1 aromatic carbocycles. The maximum atomic E-state index is 6.28. The topological polar surface area (TPSA) is 51.4 Å². The second kappa shape index (κ2) is 5.00. The number of hydrogen-bond donors (Lipinski definition) is 1. The van der Waals surface area contributed by atoms with E-state index in [-0.39, 0.29) is 0 Å². The summed E-state index contributed by atoms with van der Waals surface area (Å²) >= 11 is 6.28. The highest BCUT2D eigenvalue weighted by molar-refractivity contribution is 6.36. The summed E-state index contributed by atoms with van der Waals surface area (Å²) in [6.45, 7) is 0.381. The van der Waals surface area contributed by atoms with E-state index in [4.69, 9.17) is 22.1 Å². The van der Waals surface area contributed by atoms with Gasteiger partial charge in [0, 0.05) is 31.7 Å². The number of pyridine rings is 1. The van der Waals surface area contributed by atoms with E-state index in [0.29, 0.717) is 17.3 Å². The van der Waals surface area contributed by atoms with Crippen LogP contribution < -0.4 is 15.4 Å². The van der Waals surface area contributed by atoms with E-state index >= 15 is 0 Å². The van der Waals surface area contributed by atoms with Gasteiger partial charge in [0.15, 0.2) is 0 Å². The molecule has 2 N–H and O–H groups in total. The lowest BCUT2D eigenvalue weighted by Crippen LogP contribution is -2.12. The molecular weight excluding hydrogens is 250 g/mol. The van der Waals surface area contributed by atoms with Crippen LogP contribution in [-0.4, -0.2) is 26.2 Å². The summed E-state index contributed by atoms with van der Waals surface area (Å²) < 4.78 is 5.34. The molecule has 0 saturated carbocycles. The number of halogens is 1. The molecule has 0 fully saturated rings. The van der Waals surface area contributed by atoms with E-state index in [1.165, 1.54) is 0 Å². The molecule has 0 unspecified atom stereocenters. The zero-order valence-corrected chi connectivity index (χ0v) is 11.5. The standard InChI is InChI=1S/C13H16ClN3O/c1-17(2)10-6-8(7-15)16-13-11(18-3)5-4-9(14)12(10)13/h4-6H,7,15H2,1-3H3. The summed E-state index contributed by atoms with van der Waals surface area (Å²) in [5, 5.41) is 1.55. The number of ether oxygens (including phenoxy) is 1. The van der Waals surface area contributed by atoms with Crippen LogP contribution >= 0.6 is 11.6 Å². The van der Waals surface area contributed by atoms with E-state index < -0.39 is 0 Å². The Labute approximate surface area is 111 Å². The number of nitrogens with two attached hydrogens (primary N) is 1. The minimum absolute atomic E-state index is 0.381. The number of fused-ring (bicyclic) bond motifs is 1. The van der Waals surface area contributed by atoms with Crippen molar-refractivity contribution in [2.24, 2.45) is 5.73 Å². The number of methoxy groups -OCH3 is 1. The molecule has 18 heavy (non-hydrogen) atoms. The third-order valence-electron chi connectivity index (χ3n) is 2.82. The molecule has 4 nitrogen and oxygen atoms in total. The minimum Gasteiger partial charge on any atom is -0.494 e. The first-order valence-electron chi connectivity index (χ1n) is 5.62. The summed E-state index contributed by atoms with van der Waals surface area (Å²) in [4.78, 5) is 6.50. The van der Waals surface area contributed by atoms with Crippen LogP contribution in [0.2, 0.25) is 5.02 Å². The molecule has 1 heterocycles. The van der Waals surface area contributed by atoms with Crippen LogP contribution in [0.3, 0.4) is 0 Å². The third-order valence-corrected chi connectivity index (χ3v) is 3.13. The number of nitrogens with zero attached hydrogens (tertiary/aromatic N) is 2. The first-order chi connectivity index (χ1) is 8.58. The van der Waals surface area contributed by atoms with Gasteiger partial charge in [-0.3, -0.25) is 0 Å². The lowest BCUT2D eigenvalue weighted by Gasteiger charge is -2.18. The monoisotopic (exact) mass is 265 g/mol. The molecule has 0 radical (unpaired) electrons. The first kappa shape index (κ1) is 12.9. The Hall–Kier alpha value is -1.52. The fourth-order valence-corrected chi connectivity index (χ4v) is 2.18. The van der Waals surface area contributed by atoms with Crippen LogP contribution in [-0.2, 0) is 6.54 Å². The van der Waals surface area contributed by atoms with Crippen molar-refractivity contribution in [2.45, 2.75) is 6.54 Å².